The highest BCUT2D eigenvalue weighted by atomic mass is 32.1. The number of hydrogen-bond acceptors (Lipinski definition) is 5. The number of ether oxygens (including phenoxy) is 1. The van der Waals surface area contributed by atoms with Gasteiger partial charge >= 0.3 is 0 Å². The summed E-state index contributed by atoms with van der Waals surface area (Å²) in [6.07, 6.45) is 5.92. The molecule has 2 aromatic heterocycles. The maximum Gasteiger partial charge on any atom is 0.266 e. The first-order valence-electron chi connectivity index (χ1n) is 10.1. The molecule has 0 unspecified atom stereocenters. The lowest BCUT2D eigenvalue weighted by Gasteiger charge is -2.33. The highest BCUT2D eigenvalue weighted by Gasteiger charge is 2.36. The van der Waals surface area contributed by atoms with Crippen LogP contribution in [-0.4, -0.2) is 46.4 Å². The summed E-state index contributed by atoms with van der Waals surface area (Å²) in [5.74, 6) is 0.271. The summed E-state index contributed by atoms with van der Waals surface area (Å²) >= 11 is 1.61. The third-order valence-corrected chi connectivity index (χ3v) is 6.89. The SMILES string of the molecule is CO[C@@H]1CCC[C@@H](C(=O)N2CCC[C@H]2Cn2nc(-c3cccs3)ccc2=O)C1. The van der Waals surface area contributed by atoms with Gasteiger partial charge in [-0.15, -0.1) is 11.3 Å². The van der Waals surface area contributed by atoms with Crippen molar-refractivity contribution >= 4 is 17.2 Å². The minimum atomic E-state index is -0.114. The van der Waals surface area contributed by atoms with Crippen LogP contribution in [0.5, 0.6) is 0 Å². The second-order valence-corrected chi connectivity index (χ2v) is 8.71. The Bertz CT molecular complexity index is 864. The first kappa shape index (κ1) is 19.3. The van der Waals surface area contributed by atoms with E-state index in [1.807, 2.05) is 22.4 Å². The lowest BCUT2D eigenvalue weighted by Crippen LogP contribution is -2.44. The zero-order valence-electron chi connectivity index (χ0n) is 16.3. The van der Waals surface area contributed by atoms with Crippen LogP contribution < -0.4 is 5.56 Å². The fourth-order valence-electron chi connectivity index (χ4n) is 4.47. The number of methoxy groups -OCH3 is 1. The van der Waals surface area contributed by atoms with Crippen LogP contribution in [0, 0.1) is 5.92 Å². The molecule has 6 nitrogen and oxygen atoms in total. The van der Waals surface area contributed by atoms with Gasteiger partial charge in [-0.1, -0.05) is 12.5 Å². The Hall–Kier alpha value is -1.99. The van der Waals surface area contributed by atoms with E-state index in [0.29, 0.717) is 6.54 Å². The van der Waals surface area contributed by atoms with Crippen LogP contribution in [0.25, 0.3) is 10.6 Å². The van der Waals surface area contributed by atoms with Crippen LogP contribution in [0.1, 0.15) is 38.5 Å². The lowest BCUT2D eigenvalue weighted by molar-refractivity contribution is -0.139. The first-order valence-corrected chi connectivity index (χ1v) is 11.0. The van der Waals surface area contributed by atoms with Gasteiger partial charge in [-0.3, -0.25) is 9.59 Å². The Balaban J connectivity index is 1.49. The summed E-state index contributed by atoms with van der Waals surface area (Å²) in [5.41, 5.74) is 0.692. The zero-order valence-corrected chi connectivity index (χ0v) is 17.1. The molecule has 7 heteroatoms. The van der Waals surface area contributed by atoms with Gasteiger partial charge in [0.05, 0.1) is 23.6 Å². The van der Waals surface area contributed by atoms with Crippen LogP contribution in [0.15, 0.2) is 34.4 Å². The molecule has 3 heterocycles. The molecule has 150 valence electrons. The van der Waals surface area contributed by atoms with Crippen molar-refractivity contribution in [3.63, 3.8) is 0 Å². The van der Waals surface area contributed by atoms with E-state index in [9.17, 15) is 9.59 Å². The lowest BCUT2D eigenvalue weighted by atomic mass is 9.86. The number of likely N-dealkylation sites (tertiary alicyclic amines) is 1. The largest absolute Gasteiger partial charge is 0.381 e. The molecule has 1 saturated carbocycles. The second-order valence-electron chi connectivity index (χ2n) is 7.77. The Morgan fingerprint density at radius 3 is 2.93 bits per heavy atom. The molecule has 2 fully saturated rings. The molecule has 1 saturated heterocycles. The minimum absolute atomic E-state index is 0.0409. The van der Waals surface area contributed by atoms with E-state index in [2.05, 4.69) is 5.10 Å². The molecule has 0 N–H and O–H groups in total. The van der Waals surface area contributed by atoms with Crippen molar-refractivity contribution in [3.8, 4) is 10.6 Å². The quantitative estimate of drug-likeness (QED) is 0.772. The summed E-state index contributed by atoms with van der Waals surface area (Å²) in [6.45, 7) is 1.24. The van der Waals surface area contributed by atoms with Gasteiger partial charge in [0.2, 0.25) is 5.91 Å². The molecule has 2 aromatic rings. The molecular weight excluding hydrogens is 374 g/mol. The van der Waals surface area contributed by atoms with Gasteiger partial charge in [-0.25, -0.2) is 4.68 Å². The molecule has 1 aliphatic heterocycles. The number of amides is 1. The average molecular weight is 402 g/mol. The maximum absolute atomic E-state index is 13.2. The normalized spacial score (nSPS) is 25.2. The average Bonchev–Trinajstić information content (AvgIpc) is 3.41. The Labute approximate surface area is 169 Å². The molecule has 4 rings (SSSR count). The summed E-state index contributed by atoms with van der Waals surface area (Å²) in [6, 6.07) is 7.37. The van der Waals surface area contributed by atoms with Gasteiger partial charge in [-0.05, 0) is 49.6 Å². The van der Waals surface area contributed by atoms with E-state index in [1.54, 1.807) is 30.6 Å². The monoisotopic (exact) mass is 401 g/mol. The van der Waals surface area contributed by atoms with Gasteiger partial charge in [0.25, 0.3) is 5.56 Å². The van der Waals surface area contributed by atoms with E-state index in [0.717, 1.165) is 55.6 Å². The van der Waals surface area contributed by atoms with Crippen molar-refractivity contribution in [1.82, 2.24) is 14.7 Å². The fourth-order valence-corrected chi connectivity index (χ4v) is 5.16. The number of thiophene rings is 1. The standard InChI is InChI=1S/C21H27N3O3S/c1-27-17-7-2-5-15(13-17)21(26)23-11-3-6-16(23)14-24-20(25)10-9-18(22-24)19-8-4-12-28-19/h4,8-10,12,15-17H,2-3,5-7,11,13-14H2,1H3/t15-,16+,17-/m1/s1. The van der Waals surface area contributed by atoms with E-state index >= 15 is 0 Å². The second kappa shape index (κ2) is 8.57. The Morgan fingerprint density at radius 2 is 2.14 bits per heavy atom. The van der Waals surface area contributed by atoms with Crippen molar-refractivity contribution in [3.05, 3.63) is 40.0 Å². The van der Waals surface area contributed by atoms with Crippen LogP contribution in [0.3, 0.4) is 0 Å². The smallest absolute Gasteiger partial charge is 0.266 e. The number of carbonyl (C=O) groups excluding carboxylic acids is 1. The molecule has 1 amide bonds. The van der Waals surface area contributed by atoms with Gasteiger partial charge in [0.15, 0.2) is 0 Å². The minimum Gasteiger partial charge on any atom is -0.381 e. The Morgan fingerprint density at radius 1 is 1.25 bits per heavy atom. The Kier molecular flexibility index (Phi) is 5.92. The van der Waals surface area contributed by atoms with E-state index in [1.165, 1.54) is 4.68 Å². The summed E-state index contributed by atoms with van der Waals surface area (Å²) in [5, 5.41) is 6.57. The molecule has 28 heavy (non-hydrogen) atoms. The fraction of sp³-hybridized carbons (Fsp3) is 0.571. The third kappa shape index (κ3) is 4.05. The molecule has 0 aromatic carbocycles. The predicted octanol–water partition coefficient (Wildman–Crippen LogP) is 3.17. The molecule has 0 spiro atoms. The van der Waals surface area contributed by atoms with Crippen molar-refractivity contribution in [1.29, 1.82) is 0 Å². The van der Waals surface area contributed by atoms with E-state index < -0.39 is 0 Å². The first-order chi connectivity index (χ1) is 13.7. The number of nitrogens with zero attached hydrogens (tertiary/aromatic N) is 3. The van der Waals surface area contributed by atoms with E-state index in [-0.39, 0.29) is 29.5 Å². The molecule has 2 aliphatic rings. The summed E-state index contributed by atoms with van der Waals surface area (Å²) < 4.78 is 7.03. The molecule has 0 radical (unpaired) electrons. The van der Waals surface area contributed by atoms with Crippen molar-refractivity contribution in [2.75, 3.05) is 13.7 Å². The van der Waals surface area contributed by atoms with Crippen molar-refractivity contribution in [2.24, 2.45) is 5.92 Å². The molecular formula is C21H27N3O3S. The number of hydrogen-bond donors (Lipinski definition) is 0. The van der Waals surface area contributed by atoms with Crippen molar-refractivity contribution in [2.45, 2.75) is 57.2 Å². The molecule has 3 atom stereocenters. The highest BCUT2D eigenvalue weighted by molar-refractivity contribution is 7.13. The van der Waals surface area contributed by atoms with Gasteiger partial charge in [0, 0.05) is 25.6 Å². The maximum atomic E-state index is 13.2. The topological polar surface area (TPSA) is 64.4 Å². The molecule has 0 bridgehead atoms. The van der Waals surface area contributed by atoms with Crippen LogP contribution >= 0.6 is 11.3 Å². The third-order valence-electron chi connectivity index (χ3n) is 5.99. The number of carbonyl (C=O) groups is 1. The van der Waals surface area contributed by atoms with Crippen molar-refractivity contribution < 1.29 is 9.53 Å². The van der Waals surface area contributed by atoms with E-state index in [4.69, 9.17) is 4.74 Å². The number of rotatable bonds is 5. The summed E-state index contributed by atoms with van der Waals surface area (Å²) in [4.78, 5) is 28.6. The van der Waals surface area contributed by atoms with Crippen LogP contribution in [0.2, 0.25) is 0 Å². The highest BCUT2D eigenvalue weighted by Crippen LogP contribution is 2.30. The number of aromatic nitrogens is 2. The van der Waals surface area contributed by atoms with Crippen LogP contribution in [0.4, 0.5) is 0 Å². The zero-order chi connectivity index (χ0) is 19.5. The van der Waals surface area contributed by atoms with Gasteiger partial charge in [-0.2, -0.15) is 5.10 Å². The predicted molar refractivity (Wildman–Crippen MR) is 109 cm³/mol. The molecule has 1 aliphatic carbocycles. The summed E-state index contributed by atoms with van der Waals surface area (Å²) in [7, 11) is 1.73. The van der Waals surface area contributed by atoms with Gasteiger partial charge in [0.1, 0.15) is 5.69 Å². The van der Waals surface area contributed by atoms with Crippen LogP contribution in [-0.2, 0) is 16.1 Å². The van der Waals surface area contributed by atoms with Gasteiger partial charge < -0.3 is 9.64 Å².